The lowest BCUT2D eigenvalue weighted by molar-refractivity contribution is -0.125. The molecule has 2 fully saturated rings. The minimum Gasteiger partial charge on any atom is -0.381 e. The summed E-state index contributed by atoms with van der Waals surface area (Å²) < 4.78 is 23.8. The summed E-state index contributed by atoms with van der Waals surface area (Å²) in [4.78, 5) is 12.0. The van der Waals surface area contributed by atoms with E-state index in [1.54, 1.807) is 6.07 Å². The maximum atomic E-state index is 13.4. The number of hydrogen-bond acceptors (Lipinski definition) is 3. The maximum Gasteiger partial charge on any atom is 0.252 e. The molecule has 1 amide bonds. The normalized spacial score (nSPS) is 24.8. The molecule has 0 radical (unpaired) electrons. The minimum atomic E-state index is -0.538. The van der Waals surface area contributed by atoms with Gasteiger partial charge in [-0.1, -0.05) is 12.1 Å². The Morgan fingerprint density at radius 1 is 1.37 bits per heavy atom. The largest absolute Gasteiger partial charge is 0.381 e. The molecule has 0 spiro atoms. The Bertz CT molecular complexity index is 481. The van der Waals surface area contributed by atoms with Gasteiger partial charge in [-0.3, -0.25) is 4.79 Å². The smallest absolute Gasteiger partial charge is 0.252 e. The van der Waals surface area contributed by atoms with E-state index in [9.17, 15) is 9.18 Å². The molecule has 2 aliphatic rings. The third-order valence-electron chi connectivity index (χ3n) is 3.71. The van der Waals surface area contributed by atoms with E-state index in [2.05, 4.69) is 5.32 Å². The molecular formula is C14H16FNO3. The predicted molar refractivity (Wildman–Crippen MR) is 66.0 cm³/mol. The fourth-order valence-electron chi connectivity index (χ4n) is 2.51. The molecule has 2 heterocycles. The summed E-state index contributed by atoms with van der Waals surface area (Å²) in [6, 6.07) is 6.41. The lowest BCUT2D eigenvalue weighted by atomic mass is 9.82. The highest BCUT2D eigenvalue weighted by atomic mass is 19.1. The van der Waals surface area contributed by atoms with Gasteiger partial charge in [0.1, 0.15) is 5.82 Å². The number of rotatable bonds is 3. The first-order chi connectivity index (χ1) is 9.20. The van der Waals surface area contributed by atoms with Gasteiger partial charge in [-0.05, 0) is 30.5 Å². The van der Waals surface area contributed by atoms with Crippen LogP contribution in [0, 0.1) is 5.82 Å². The monoisotopic (exact) mass is 265 g/mol. The first-order valence-corrected chi connectivity index (χ1v) is 6.47. The molecule has 0 saturated carbocycles. The summed E-state index contributed by atoms with van der Waals surface area (Å²) in [6.45, 7) is 1.59. The highest BCUT2D eigenvalue weighted by Gasteiger charge is 2.40. The van der Waals surface area contributed by atoms with Gasteiger partial charge in [0.05, 0.1) is 12.1 Å². The molecule has 1 N–H and O–H groups in total. The van der Waals surface area contributed by atoms with Gasteiger partial charge in [-0.2, -0.15) is 0 Å². The Morgan fingerprint density at radius 2 is 2.11 bits per heavy atom. The summed E-state index contributed by atoms with van der Waals surface area (Å²) in [7, 11) is 0. The van der Waals surface area contributed by atoms with Crippen molar-refractivity contribution in [2.24, 2.45) is 0 Å². The Kier molecular flexibility index (Phi) is 3.24. The molecule has 1 unspecified atom stereocenters. The van der Waals surface area contributed by atoms with Crippen LogP contribution in [0.4, 0.5) is 4.39 Å². The molecule has 0 aromatic heterocycles. The molecular weight excluding hydrogens is 249 g/mol. The number of carbonyl (C=O) groups is 1. The molecule has 1 aromatic carbocycles. The van der Waals surface area contributed by atoms with Gasteiger partial charge in [0, 0.05) is 13.2 Å². The Morgan fingerprint density at radius 3 is 2.74 bits per heavy atom. The second-order valence-corrected chi connectivity index (χ2v) is 5.02. The van der Waals surface area contributed by atoms with E-state index in [1.807, 2.05) is 6.07 Å². The van der Waals surface area contributed by atoms with E-state index < -0.39 is 5.54 Å². The summed E-state index contributed by atoms with van der Waals surface area (Å²) in [5.41, 5.74) is 0.258. The highest BCUT2D eigenvalue weighted by Crippen LogP contribution is 2.33. The standard InChI is InChI=1S/C14H16FNO3/c15-11-3-1-2-10(8-11)14(4-6-18-7-5-14)16-13(17)12-9-19-12/h1-3,8,12H,4-7,9H2,(H,16,17). The summed E-state index contributed by atoms with van der Waals surface area (Å²) in [5.74, 6) is -0.411. The van der Waals surface area contributed by atoms with Crippen LogP contribution < -0.4 is 5.32 Å². The zero-order chi connectivity index (χ0) is 13.3. The zero-order valence-corrected chi connectivity index (χ0v) is 10.5. The van der Waals surface area contributed by atoms with Crippen LogP contribution in [0.5, 0.6) is 0 Å². The molecule has 5 heteroatoms. The van der Waals surface area contributed by atoms with Crippen molar-refractivity contribution in [1.29, 1.82) is 0 Å². The van der Waals surface area contributed by atoms with Crippen molar-refractivity contribution in [2.75, 3.05) is 19.8 Å². The van der Waals surface area contributed by atoms with Gasteiger partial charge in [0.25, 0.3) is 5.91 Å². The van der Waals surface area contributed by atoms with Gasteiger partial charge in [0.2, 0.25) is 0 Å². The number of nitrogens with one attached hydrogen (secondary N) is 1. The maximum absolute atomic E-state index is 13.4. The van der Waals surface area contributed by atoms with Crippen LogP contribution in [0.3, 0.4) is 0 Å². The lowest BCUT2D eigenvalue weighted by Crippen LogP contribution is -2.50. The van der Waals surface area contributed by atoms with Crippen molar-refractivity contribution in [3.63, 3.8) is 0 Å². The van der Waals surface area contributed by atoms with E-state index in [0.29, 0.717) is 32.7 Å². The minimum absolute atomic E-state index is 0.119. The fraction of sp³-hybridized carbons (Fsp3) is 0.500. The van der Waals surface area contributed by atoms with Gasteiger partial charge in [-0.25, -0.2) is 4.39 Å². The van der Waals surface area contributed by atoms with E-state index in [-0.39, 0.29) is 17.8 Å². The van der Waals surface area contributed by atoms with Crippen LogP contribution in [-0.4, -0.2) is 31.8 Å². The molecule has 3 rings (SSSR count). The molecule has 19 heavy (non-hydrogen) atoms. The van der Waals surface area contributed by atoms with Crippen molar-refractivity contribution in [3.05, 3.63) is 35.6 Å². The van der Waals surface area contributed by atoms with Crippen LogP contribution in [0.2, 0.25) is 0 Å². The molecule has 102 valence electrons. The Hall–Kier alpha value is -1.46. The van der Waals surface area contributed by atoms with Crippen LogP contribution in [0.25, 0.3) is 0 Å². The fourth-order valence-corrected chi connectivity index (χ4v) is 2.51. The molecule has 0 bridgehead atoms. The first-order valence-electron chi connectivity index (χ1n) is 6.47. The van der Waals surface area contributed by atoms with Gasteiger partial charge in [-0.15, -0.1) is 0 Å². The third kappa shape index (κ3) is 2.62. The second kappa shape index (κ2) is 4.90. The van der Waals surface area contributed by atoms with Crippen molar-refractivity contribution >= 4 is 5.91 Å². The first kappa shape index (κ1) is 12.6. The van der Waals surface area contributed by atoms with Gasteiger partial charge in [0.15, 0.2) is 6.10 Å². The molecule has 0 aliphatic carbocycles. The number of hydrogen-bond donors (Lipinski definition) is 1. The van der Waals surface area contributed by atoms with Crippen LogP contribution in [0.1, 0.15) is 18.4 Å². The third-order valence-corrected chi connectivity index (χ3v) is 3.71. The van der Waals surface area contributed by atoms with Crippen molar-refractivity contribution in [1.82, 2.24) is 5.32 Å². The quantitative estimate of drug-likeness (QED) is 0.839. The molecule has 1 atom stereocenters. The molecule has 2 saturated heterocycles. The van der Waals surface area contributed by atoms with E-state index in [0.717, 1.165) is 5.56 Å². The topological polar surface area (TPSA) is 50.9 Å². The highest BCUT2D eigenvalue weighted by molar-refractivity contribution is 5.83. The summed E-state index contributed by atoms with van der Waals surface area (Å²) >= 11 is 0. The van der Waals surface area contributed by atoms with E-state index >= 15 is 0 Å². The summed E-state index contributed by atoms with van der Waals surface area (Å²) in [5, 5.41) is 3.03. The van der Waals surface area contributed by atoms with Crippen molar-refractivity contribution in [2.45, 2.75) is 24.5 Å². The van der Waals surface area contributed by atoms with Gasteiger partial charge >= 0.3 is 0 Å². The zero-order valence-electron chi connectivity index (χ0n) is 10.5. The predicted octanol–water partition coefficient (Wildman–Crippen LogP) is 1.35. The van der Waals surface area contributed by atoms with E-state index in [1.165, 1.54) is 12.1 Å². The van der Waals surface area contributed by atoms with Crippen LogP contribution >= 0.6 is 0 Å². The van der Waals surface area contributed by atoms with Crippen LogP contribution in [-0.2, 0) is 19.8 Å². The molecule has 2 aliphatic heterocycles. The van der Waals surface area contributed by atoms with Crippen LogP contribution in [0.15, 0.2) is 24.3 Å². The van der Waals surface area contributed by atoms with Gasteiger partial charge < -0.3 is 14.8 Å². The Balaban J connectivity index is 1.88. The molecule has 1 aromatic rings. The summed E-state index contributed by atoms with van der Waals surface area (Å²) in [6.07, 6.45) is 0.956. The van der Waals surface area contributed by atoms with E-state index in [4.69, 9.17) is 9.47 Å². The average molecular weight is 265 g/mol. The number of epoxide rings is 1. The number of halogens is 1. The van der Waals surface area contributed by atoms with Crippen molar-refractivity contribution < 1.29 is 18.7 Å². The Labute approximate surface area is 110 Å². The SMILES string of the molecule is O=C(NC1(c2cccc(F)c2)CCOCC1)C1CO1. The average Bonchev–Trinajstić information content (AvgIpc) is 3.24. The molecule has 4 nitrogen and oxygen atoms in total. The number of amides is 1. The number of ether oxygens (including phenoxy) is 2. The second-order valence-electron chi connectivity index (χ2n) is 5.02. The number of carbonyl (C=O) groups excluding carboxylic acids is 1. The number of benzene rings is 1. The van der Waals surface area contributed by atoms with Crippen molar-refractivity contribution in [3.8, 4) is 0 Å². The lowest BCUT2D eigenvalue weighted by Gasteiger charge is -2.38.